The summed E-state index contributed by atoms with van der Waals surface area (Å²) in [5.41, 5.74) is -0.354. The lowest BCUT2D eigenvalue weighted by Gasteiger charge is -2.26. The molecule has 0 bridgehead atoms. The SMILES string of the molecule is CC(C)(C)OC(O)Cn1cc(I)c(NC2CCC2)n1. The van der Waals surface area contributed by atoms with Gasteiger partial charge in [0.1, 0.15) is 0 Å². The minimum atomic E-state index is -0.841. The highest BCUT2D eigenvalue weighted by Gasteiger charge is 2.21. The number of hydrogen-bond acceptors (Lipinski definition) is 4. The fourth-order valence-corrected chi connectivity index (χ4v) is 2.52. The second-order valence-corrected chi connectivity index (χ2v) is 7.17. The first-order chi connectivity index (χ1) is 8.83. The highest BCUT2D eigenvalue weighted by Crippen LogP contribution is 2.25. The minimum Gasteiger partial charge on any atom is -0.366 e. The van der Waals surface area contributed by atoms with Crippen LogP contribution >= 0.6 is 22.6 Å². The second-order valence-electron chi connectivity index (χ2n) is 6.00. The van der Waals surface area contributed by atoms with Crippen LogP contribution in [0.2, 0.25) is 0 Å². The van der Waals surface area contributed by atoms with Crippen LogP contribution in [0.3, 0.4) is 0 Å². The molecular weight excluding hydrogens is 357 g/mol. The topological polar surface area (TPSA) is 59.3 Å². The summed E-state index contributed by atoms with van der Waals surface area (Å²) in [5.74, 6) is 0.910. The van der Waals surface area contributed by atoms with E-state index < -0.39 is 6.29 Å². The summed E-state index contributed by atoms with van der Waals surface area (Å²) in [7, 11) is 0. The van der Waals surface area contributed by atoms with Crippen LogP contribution in [0, 0.1) is 3.57 Å². The molecule has 19 heavy (non-hydrogen) atoms. The molecule has 1 aromatic heterocycles. The van der Waals surface area contributed by atoms with Gasteiger partial charge in [-0.05, 0) is 62.6 Å². The average Bonchev–Trinajstić information content (AvgIpc) is 2.49. The van der Waals surface area contributed by atoms with Crippen molar-refractivity contribution < 1.29 is 9.84 Å². The van der Waals surface area contributed by atoms with Crippen molar-refractivity contribution in [3.8, 4) is 0 Å². The van der Waals surface area contributed by atoms with E-state index in [1.165, 1.54) is 19.3 Å². The molecule has 2 N–H and O–H groups in total. The number of ether oxygens (including phenoxy) is 1. The van der Waals surface area contributed by atoms with Crippen LogP contribution in [-0.2, 0) is 11.3 Å². The first-order valence-electron chi connectivity index (χ1n) is 6.69. The van der Waals surface area contributed by atoms with Gasteiger partial charge < -0.3 is 15.2 Å². The highest BCUT2D eigenvalue weighted by molar-refractivity contribution is 14.1. The minimum absolute atomic E-state index is 0.347. The Kier molecular flexibility index (Phi) is 4.73. The summed E-state index contributed by atoms with van der Waals surface area (Å²) in [6, 6.07) is 0.563. The Balaban J connectivity index is 1.91. The van der Waals surface area contributed by atoms with Gasteiger partial charge >= 0.3 is 0 Å². The van der Waals surface area contributed by atoms with Gasteiger partial charge in [0.15, 0.2) is 12.1 Å². The van der Waals surface area contributed by atoms with Crippen LogP contribution < -0.4 is 5.32 Å². The van der Waals surface area contributed by atoms with Gasteiger partial charge in [-0.2, -0.15) is 5.10 Å². The maximum absolute atomic E-state index is 9.87. The largest absolute Gasteiger partial charge is 0.366 e. The molecule has 1 heterocycles. The van der Waals surface area contributed by atoms with Crippen molar-refractivity contribution in [2.24, 2.45) is 0 Å². The van der Waals surface area contributed by atoms with Crippen LogP contribution in [0.5, 0.6) is 0 Å². The van der Waals surface area contributed by atoms with Crippen molar-refractivity contribution >= 4 is 28.4 Å². The molecule has 0 saturated heterocycles. The molecule has 0 aromatic carbocycles. The van der Waals surface area contributed by atoms with Gasteiger partial charge in [-0.3, -0.25) is 4.68 Å². The number of aliphatic hydroxyl groups excluding tert-OH is 1. The van der Waals surface area contributed by atoms with Gasteiger partial charge in [0.25, 0.3) is 0 Å². The van der Waals surface area contributed by atoms with Crippen LogP contribution in [0.15, 0.2) is 6.20 Å². The number of anilines is 1. The van der Waals surface area contributed by atoms with Crippen molar-refractivity contribution in [2.45, 2.75) is 64.5 Å². The van der Waals surface area contributed by atoms with E-state index in [9.17, 15) is 5.11 Å². The molecule has 5 nitrogen and oxygen atoms in total. The van der Waals surface area contributed by atoms with Crippen LogP contribution in [0.4, 0.5) is 5.82 Å². The lowest BCUT2D eigenvalue weighted by Crippen LogP contribution is -2.30. The van der Waals surface area contributed by atoms with E-state index in [4.69, 9.17) is 4.74 Å². The number of rotatable bonds is 5. The predicted molar refractivity (Wildman–Crippen MR) is 83.1 cm³/mol. The lowest BCUT2D eigenvalue weighted by atomic mass is 9.93. The molecule has 0 amide bonds. The Hall–Kier alpha value is -0.340. The quantitative estimate of drug-likeness (QED) is 0.610. The van der Waals surface area contributed by atoms with E-state index in [0.717, 1.165) is 9.39 Å². The zero-order chi connectivity index (χ0) is 14.0. The lowest BCUT2D eigenvalue weighted by molar-refractivity contribution is -0.172. The molecule has 1 aliphatic carbocycles. The molecule has 1 atom stereocenters. The van der Waals surface area contributed by atoms with Gasteiger partial charge in [0, 0.05) is 12.2 Å². The Morgan fingerprint density at radius 1 is 1.58 bits per heavy atom. The first kappa shape index (κ1) is 15.1. The van der Waals surface area contributed by atoms with Crippen LogP contribution in [0.25, 0.3) is 0 Å². The number of aliphatic hydroxyl groups is 1. The summed E-state index contributed by atoms with van der Waals surface area (Å²) in [5, 5.41) is 17.8. The Bertz CT molecular complexity index is 424. The summed E-state index contributed by atoms with van der Waals surface area (Å²) in [6.07, 6.45) is 4.83. The number of nitrogens with zero attached hydrogens (tertiary/aromatic N) is 2. The molecule has 1 aliphatic rings. The van der Waals surface area contributed by atoms with Crippen molar-refractivity contribution in [1.82, 2.24) is 9.78 Å². The second kappa shape index (κ2) is 5.97. The molecular formula is C13H22IN3O2. The molecule has 0 radical (unpaired) electrons. The van der Waals surface area contributed by atoms with Gasteiger partial charge in [-0.25, -0.2) is 0 Å². The third-order valence-electron chi connectivity index (χ3n) is 3.00. The normalized spacial score (nSPS) is 18.2. The predicted octanol–water partition coefficient (Wildman–Crippen LogP) is 2.59. The van der Waals surface area contributed by atoms with E-state index in [1.807, 2.05) is 27.0 Å². The molecule has 0 aliphatic heterocycles. The first-order valence-corrected chi connectivity index (χ1v) is 7.77. The number of halogens is 1. The summed E-state index contributed by atoms with van der Waals surface area (Å²) < 4.78 is 8.29. The summed E-state index contributed by atoms with van der Waals surface area (Å²) in [6.45, 7) is 6.12. The van der Waals surface area contributed by atoms with Crippen molar-refractivity contribution in [2.75, 3.05) is 5.32 Å². The smallest absolute Gasteiger partial charge is 0.174 e. The van der Waals surface area contributed by atoms with Crippen molar-refractivity contribution in [1.29, 1.82) is 0 Å². The monoisotopic (exact) mass is 379 g/mol. The van der Waals surface area contributed by atoms with E-state index in [-0.39, 0.29) is 5.60 Å². The molecule has 0 spiro atoms. The standard InChI is InChI=1S/C13H22IN3O2/c1-13(2,3)19-11(18)8-17-7-10(14)12(16-17)15-9-5-4-6-9/h7,9,11,18H,4-6,8H2,1-3H3,(H,15,16). The molecule has 1 aromatic rings. The zero-order valence-electron chi connectivity index (χ0n) is 11.7. The van der Waals surface area contributed by atoms with Crippen LogP contribution in [0.1, 0.15) is 40.0 Å². The maximum Gasteiger partial charge on any atom is 0.174 e. The zero-order valence-corrected chi connectivity index (χ0v) is 13.8. The van der Waals surface area contributed by atoms with Crippen molar-refractivity contribution in [3.63, 3.8) is 0 Å². The molecule has 2 rings (SSSR count). The third-order valence-corrected chi connectivity index (χ3v) is 3.79. The van der Waals surface area contributed by atoms with Gasteiger partial charge in [-0.15, -0.1) is 0 Å². The molecule has 1 fully saturated rings. The molecule has 6 heteroatoms. The van der Waals surface area contributed by atoms with Gasteiger partial charge in [-0.1, -0.05) is 0 Å². The number of hydrogen-bond donors (Lipinski definition) is 2. The average molecular weight is 379 g/mol. The number of nitrogens with one attached hydrogen (secondary N) is 1. The summed E-state index contributed by atoms with van der Waals surface area (Å²) >= 11 is 2.26. The highest BCUT2D eigenvalue weighted by atomic mass is 127. The summed E-state index contributed by atoms with van der Waals surface area (Å²) in [4.78, 5) is 0. The molecule has 108 valence electrons. The molecule has 1 unspecified atom stereocenters. The third kappa shape index (κ3) is 4.61. The van der Waals surface area contributed by atoms with Crippen LogP contribution in [-0.4, -0.2) is 32.8 Å². The fourth-order valence-electron chi connectivity index (χ4n) is 1.94. The van der Waals surface area contributed by atoms with E-state index in [1.54, 1.807) is 4.68 Å². The Morgan fingerprint density at radius 2 is 2.26 bits per heavy atom. The van der Waals surface area contributed by atoms with Crippen molar-refractivity contribution in [3.05, 3.63) is 9.77 Å². The molecule has 1 saturated carbocycles. The van der Waals surface area contributed by atoms with Gasteiger partial charge in [0.2, 0.25) is 0 Å². The maximum atomic E-state index is 9.87. The Labute approximate surface area is 127 Å². The van der Waals surface area contributed by atoms with E-state index >= 15 is 0 Å². The number of aromatic nitrogens is 2. The Morgan fingerprint density at radius 3 is 2.79 bits per heavy atom. The van der Waals surface area contributed by atoms with E-state index in [2.05, 4.69) is 33.0 Å². The van der Waals surface area contributed by atoms with Gasteiger partial charge in [0.05, 0.1) is 15.7 Å². The fraction of sp³-hybridized carbons (Fsp3) is 0.769. The van der Waals surface area contributed by atoms with E-state index in [0.29, 0.717) is 12.6 Å².